The number of hydrogen-bond donors (Lipinski definition) is 3. The van der Waals surface area contributed by atoms with Gasteiger partial charge in [0.1, 0.15) is 0 Å². The molecule has 128 valence electrons. The SMILES string of the molecule is C[NH+]1CCCCC1CCc1ccccc1NCc1ccccc1N. The summed E-state index contributed by atoms with van der Waals surface area (Å²) in [4.78, 5) is 1.71. The second kappa shape index (κ2) is 8.20. The van der Waals surface area contributed by atoms with Gasteiger partial charge in [-0.1, -0.05) is 36.4 Å². The molecule has 1 aliphatic rings. The van der Waals surface area contributed by atoms with Crippen molar-refractivity contribution in [1.29, 1.82) is 0 Å². The van der Waals surface area contributed by atoms with Gasteiger partial charge in [-0.3, -0.25) is 0 Å². The second-order valence-corrected chi connectivity index (χ2v) is 7.04. The van der Waals surface area contributed by atoms with E-state index in [4.69, 9.17) is 5.73 Å². The lowest BCUT2D eigenvalue weighted by Crippen LogP contribution is -3.13. The van der Waals surface area contributed by atoms with Crippen LogP contribution >= 0.6 is 0 Å². The number of nitrogens with one attached hydrogen (secondary N) is 2. The van der Waals surface area contributed by atoms with Crippen LogP contribution in [0.4, 0.5) is 11.4 Å². The highest BCUT2D eigenvalue weighted by Gasteiger charge is 2.22. The van der Waals surface area contributed by atoms with E-state index in [1.165, 1.54) is 43.5 Å². The Hall–Kier alpha value is -2.00. The standard InChI is InChI=1S/C21H29N3/c1-24-15-7-6-10-19(24)14-13-17-8-3-5-12-21(17)23-16-18-9-2-4-11-20(18)22/h2-5,8-9,11-12,19,23H,6-7,10,13-16,22H2,1H3/p+1. The van der Waals surface area contributed by atoms with Crippen LogP contribution in [0.1, 0.15) is 36.8 Å². The quantitative estimate of drug-likeness (QED) is 0.715. The van der Waals surface area contributed by atoms with Crippen LogP contribution in [0.5, 0.6) is 0 Å². The Morgan fingerprint density at radius 2 is 1.79 bits per heavy atom. The lowest BCUT2D eigenvalue weighted by Gasteiger charge is -2.29. The molecule has 3 rings (SSSR count). The highest BCUT2D eigenvalue weighted by Crippen LogP contribution is 2.20. The van der Waals surface area contributed by atoms with Gasteiger partial charge in [-0.15, -0.1) is 0 Å². The molecule has 0 bridgehead atoms. The molecule has 4 N–H and O–H groups in total. The zero-order valence-electron chi connectivity index (χ0n) is 14.7. The highest BCUT2D eigenvalue weighted by molar-refractivity contribution is 5.54. The third-order valence-corrected chi connectivity index (χ3v) is 5.37. The Labute approximate surface area is 145 Å². The Balaban J connectivity index is 1.61. The zero-order chi connectivity index (χ0) is 16.8. The van der Waals surface area contributed by atoms with E-state index in [-0.39, 0.29) is 0 Å². The maximum Gasteiger partial charge on any atom is 0.0875 e. The molecule has 1 aliphatic heterocycles. The van der Waals surface area contributed by atoms with Gasteiger partial charge in [0.15, 0.2) is 0 Å². The minimum atomic E-state index is 0.776. The summed E-state index contributed by atoms with van der Waals surface area (Å²) >= 11 is 0. The predicted molar refractivity (Wildman–Crippen MR) is 102 cm³/mol. The van der Waals surface area contributed by atoms with Gasteiger partial charge >= 0.3 is 0 Å². The third-order valence-electron chi connectivity index (χ3n) is 5.37. The Morgan fingerprint density at radius 3 is 2.58 bits per heavy atom. The van der Waals surface area contributed by atoms with Gasteiger partial charge in [-0.2, -0.15) is 0 Å². The predicted octanol–water partition coefficient (Wildman–Crippen LogP) is 2.88. The number of piperidine rings is 1. The topological polar surface area (TPSA) is 42.5 Å². The number of rotatable bonds is 6. The van der Waals surface area contributed by atoms with E-state index in [1.54, 1.807) is 4.90 Å². The molecule has 0 saturated carbocycles. The molecule has 0 radical (unpaired) electrons. The number of nitrogen functional groups attached to an aromatic ring is 1. The van der Waals surface area contributed by atoms with Crippen molar-refractivity contribution in [2.75, 3.05) is 24.6 Å². The van der Waals surface area contributed by atoms with E-state index in [2.05, 4.69) is 42.7 Å². The number of para-hydroxylation sites is 2. The summed E-state index contributed by atoms with van der Waals surface area (Å²) in [5.74, 6) is 0. The molecule has 1 saturated heterocycles. The van der Waals surface area contributed by atoms with Gasteiger partial charge in [-0.25, -0.2) is 0 Å². The Kier molecular flexibility index (Phi) is 5.76. The fraction of sp³-hybridized carbons (Fsp3) is 0.429. The first-order valence-electron chi connectivity index (χ1n) is 9.21. The van der Waals surface area contributed by atoms with E-state index >= 15 is 0 Å². The monoisotopic (exact) mass is 324 g/mol. The molecule has 3 nitrogen and oxygen atoms in total. The molecular weight excluding hydrogens is 294 g/mol. The highest BCUT2D eigenvalue weighted by atomic mass is 15.1. The van der Waals surface area contributed by atoms with Crippen LogP contribution in [0.15, 0.2) is 48.5 Å². The zero-order valence-corrected chi connectivity index (χ0v) is 14.7. The Morgan fingerprint density at radius 1 is 1.04 bits per heavy atom. The minimum Gasteiger partial charge on any atom is -0.398 e. The summed E-state index contributed by atoms with van der Waals surface area (Å²) in [6.07, 6.45) is 6.59. The first-order valence-corrected chi connectivity index (χ1v) is 9.21. The number of aryl methyl sites for hydroxylation is 1. The number of hydrogen-bond acceptors (Lipinski definition) is 2. The van der Waals surface area contributed by atoms with Crippen molar-refractivity contribution in [3.8, 4) is 0 Å². The molecule has 2 aromatic rings. The van der Waals surface area contributed by atoms with Crippen LogP contribution in [0.3, 0.4) is 0 Å². The van der Waals surface area contributed by atoms with Crippen LogP contribution in [0.25, 0.3) is 0 Å². The normalized spacial score (nSPS) is 20.7. The summed E-state index contributed by atoms with van der Waals surface area (Å²) < 4.78 is 0. The van der Waals surface area contributed by atoms with Crippen molar-refractivity contribution in [2.24, 2.45) is 0 Å². The van der Waals surface area contributed by atoms with E-state index in [0.29, 0.717) is 0 Å². The van der Waals surface area contributed by atoms with E-state index in [9.17, 15) is 0 Å². The van der Waals surface area contributed by atoms with Crippen molar-refractivity contribution in [1.82, 2.24) is 0 Å². The van der Waals surface area contributed by atoms with Crippen LogP contribution in [-0.2, 0) is 13.0 Å². The van der Waals surface area contributed by atoms with E-state index < -0.39 is 0 Å². The summed E-state index contributed by atoms with van der Waals surface area (Å²) in [6, 6.07) is 17.6. The number of nitrogens with two attached hydrogens (primary N) is 1. The van der Waals surface area contributed by atoms with Crippen LogP contribution in [0, 0.1) is 0 Å². The molecule has 2 aromatic carbocycles. The molecule has 1 fully saturated rings. The van der Waals surface area contributed by atoms with Crippen molar-refractivity contribution < 1.29 is 4.90 Å². The van der Waals surface area contributed by atoms with Crippen molar-refractivity contribution in [3.05, 3.63) is 59.7 Å². The third kappa shape index (κ3) is 4.30. The average Bonchev–Trinajstić information content (AvgIpc) is 2.61. The van der Waals surface area contributed by atoms with Crippen molar-refractivity contribution in [2.45, 2.75) is 44.7 Å². The van der Waals surface area contributed by atoms with E-state index in [0.717, 1.165) is 30.3 Å². The van der Waals surface area contributed by atoms with Crippen LogP contribution in [-0.4, -0.2) is 19.6 Å². The Bertz CT molecular complexity index is 653. The smallest absolute Gasteiger partial charge is 0.0875 e. The number of anilines is 2. The molecule has 1 heterocycles. The summed E-state index contributed by atoms with van der Waals surface area (Å²) in [5, 5.41) is 3.58. The molecule has 0 amide bonds. The summed E-state index contributed by atoms with van der Waals surface area (Å²) in [5.41, 5.74) is 10.7. The lowest BCUT2D eigenvalue weighted by molar-refractivity contribution is -0.911. The van der Waals surface area contributed by atoms with Crippen molar-refractivity contribution >= 4 is 11.4 Å². The summed E-state index contributed by atoms with van der Waals surface area (Å²) in [7, 11) is 2.35. The fourth-order valence-electron chi connectivity index (χ4n) is 3.76. The number of quaternary nitrogens is 1. The van der Waals surface area contributed by atoms with Gasteiger partial charge in [0.25, 0.3) is 0 Å². The molecule has 2 atom stereocenters. The second-order valence-electron chi connectivity index (χ2n) is 7.04. The first-order chi connectivity index (χ1) is 11.7. The average molecular weight is 324 g/mol. The maximum atomic E-state index is 6.05. The molecule has 0 aliphatic carbocycles. The van der Waals surface area contributed by atoms with Gasteiger partial charge < -0.3 is 16.0 Å². The fourth-order valence-corrected chi connectivity index (χ4v) is 3.76. The van der Waals surface area contributed by atoms with E-state index in [1.807, 2.05) is 18.2 Å². The first kappa shape index (κ1) is 16.8. The number of benzene rings is 2. The maximum absolute atomic E-state index is 6.05. The minimum absolute atomic E-state index is 0.776. The van der Waals surface area contributed by atoms with Crippen molar-refractivity contribution in [3.63, 3.8) is 0 Å². The molecular formula is C21H30N3+. The van der Waals surface area contributed by atoms with Crippen LogP contribution < -0.4 is 16.0 Å². The van der Waals surface area contributed by atoms with Crippen LogP contribution in [0.2, 0.25) is 0 Å². The lowest BCUT2D eigenvalue weighted by atomic mass is 9.96. The van der Waals surface area contributed by atoms with Gasteiger partial charge in [0, 0.05) is 24.3 Å². The largest absolute Gasteiger partial charge is 0.398 e. The van der Waals surface area contributed by atoms with Gasteiger partial charge in [0.05, 0.1) is 19.6 Å². The summed E-state index contributed by atoms with van der Waals surface area (Å²) in [6.45, 7) is 2.11. The molecule has 24 heavy (non-hydrogen) atoms. The molecule has 0 aromatic heterocycles. The van der Waals surface area contributed by atoms with Gasteiger partial charge in [-0.05, 0) is 48.9 Å². The molecule has 0 spiro atoms. The molecule has 3 heteroatoms. The number of likely N-dealkylation sites (tertiary alicyclic amines) is 1. The van der Waals surface area contributed by atoms with Gasteiger partial charge in [0.2, 0.25) is 0 Å². The molecule has 2 unspecified atom stereocenters.